The molecule has 2 heterocycles. The zero-order chi connectivity index (χ0) is 22.7. The first-order chi connectivity index (χ1) is 15.4. The molecule has 0 radical (unpaired) electrons. The maximum Gasteiger partial charge on any atom is 0.230 e. The summed E-state index contributed by atoms with van der Waals surface area (Å²) in [4.78, 5) is 18.7. The summed E-state index contributed by atoms with van der Waals surface area (Å²) in [5.74, 6) is 0.160. The summed E-state index contributed by atoms with van der Waals surface area (Å²) in [6.45, 7) is 5.56. The Morgan fingerprint density at radius 3 is 2.75 bits per heavy atom. The second kappa shape index (κ2) is 9.76. The smallest absolute Gasteiger partial charge is 0.230 e. The third kappa shape index (κ3) is 5.14. The Labute approximate surface area is 197 Å². The van der Waals surface area contributed by atoms with Gasteiger partial charge in [0.15, 0.2) is 9.47 Å². The number of nitrogens with one attached hydrogen (secondary N) is 1. The van der Waals surface area contributed by atoms with Crippen molar-refractivity contribution in [3.63, 3.8) is 0 Å². The van der Waals surface area contributed by atoms with Gasteiger partial charge in [-0.3, -0.25) is 9.69 Å². The molecule has 0 fully saturated rings. The normalized spacial score (nSPS) is 10.9. The van der Waals surface area contributed by atoms with Crippen LogP contribution in [-0.2, 0) is 10.5 Å². The van der Waals surface area contributed by atoms with Gasteiger partial charge in [-0.1, -0.05) is 52.9 Å². The first-order valence-corrected chi connectivity index (χ1v) is 12.4. The lowest BCUT2D eigenvalue weighted by molar-refractivity contribution is -0.115. The number of para-hydroxylation sites is 1. The van der Waals surface area contributed by atoms with Gasteiger partial charge in [0.1, 0.15) is 5.82 Å². The second-order valence-corrected chi connectivity index (χ2v) is 10.1. The van der Waals surface area contributed by atoms with Gasteiger partial charge in [-0.15, -0.1) is 21.5 Å². The fourth-order valence-corrected chi connectivity index (χ4v) is 5.70. The number of carbonyl (C=O) groups excluding carboxylic acids is 1. The summed E-state index contributed by atoms with van der Waals surface area (Å²) >= 11 is 4.27. The van der Waals surface area contributed by atoms with Crippen molar-refractivity contribution in [1.82, 2.24) is 15.2 Å². The van der Waals surface area contributed by atoms with E-state index in [-0.39, 0.29) is 11.7 Å². The lowest BCUT2D eigenvalue weighted by Gasteiger charge is -2.20. The molecule has 0 atom stereocenters. The standard InChI is InChI=1S/C22H20FN5OS3/c1-13-8-9-19(14(2)10-13)28(15(3)29)21-24-16(11-30-21)12-31-22-27-26-20(32-22)25-18-7-5-4-6-17(18)23/h4-11H,12H2,1-3H3,(H,25,26). The summed E-state index contributed by atoms with van der Waals surface area (Å²) < 4.78 is 14.5. The number of thioether (sulfide) groups is 1. The molecule has 2 aromatic heterocycles. The van der Waals surface area contributed by atoms with Crippen LogP contribution in [0.3, 0.4) is 0 Å². The maximum absolute atomic E-state index is 13.8. The molecule has 1 N–H and O–H groups in total. The quantitative estimate of drug-likeness (QED) is 0.303. The van der Waals surface area contributed by atoms with Crippen molar-refractivity contribution >= 4 is 62.0 Å². The van der Waals surface area contributed by atoms with Crippen molar-refractivity contribution in [2.45, 2.75) is 30.9 Å². The van der Waals surface area contributed by atoms with Crippen molar-refractivity contribution < 1.29 is 9.18 Å². The lowest BCUT2D eigenvalue weighted by Crippen LogP contribution is -2.23. The molecule has 0 saturated heterocycles. The van der Waals surface area contributed by atoms with Crippen LogP contribution in [-0.4, -0.2) is 21.1 Å². The molecule has 10 heteroatoms. The summed E-state index contributed by atoms with van der Waals surface area (Å²) in [5, 5.41) is 14.3. The summed E-state index contributed by atoms with van der Waals surface area (Å²) in [7, 11) is 0. The highest BCUT2D eigenvalue weighted by molar-refractivity contribution is 8.00. The van der Waals surface area contributed by atoms with Crippen LogP contribution in [0.2, 0.25) is 0 Å². The minimum absolute atomic E-state index is 0.0847. The van der Waals surface area contributed by atoms with Gasteiger partial charge in [0.2, 0.25) is 11.0 Å². The van der Waals surface area contributed by atoms with E-state index in [0.717, 1.165) is 26.8 Å². The molecule has 0 saturated carbocycles. The number of hydrogen-bond acceptors (Lipinski definition) is 8. The number of amides is 1. The van der Waals surface area contributed by atoms with Gasteiger partial charge in [0.25, 0.3) is 0 Å². The topological polar surface area (TPSA) is 71.0 Å². The van der Waals surface area contributed by atoms with E-state index >= 15 is 0 Å². The molecule has 0 aliphatic heterocycles. The summed E-state index contributed by atoms with van der Waals surface area (Å²) in [6.07, 6.45) is 0. The molecule has 0 spiro atoms. The number of benzene rings is 2. The molecule has 6 nitrogen and oxygen atoms in total. The Kier molecular flexibility index (Phi) is 6.83. The van der Waals surface area contributed by atoms with E-state index < -0.39 is 0 Å². The van der Waals surface area contributed by atoms with Crippen molar-refractivity contribution in [3.05, 3.63) is 70.5 Å². The SMILES string of the molecule is CC(=O)N(c1nc(CSc2nnc(Nc3ccccc3F)s2)cs1)c1ccc(C)cc1C. The number of anilines is 4. The van der Waals surface area contributed by atoms with Crippen molar-refractivity contribution in [1.29, 1.82) is 0 Å². The summed E-state index contributed by atoms with van der Waals surface area (Å²) in [5.41, 5.74) is 4.22. The van der Waals surface area contributed by atoms with Gasteiger partial charge in [-0.25, -0.2) is 9.37 Å². The average Bonchev–Trinajstić information content (AvgIpc) is 3.39. The minimum Gasteiger partial charge on any atom is -0.328 e. The Morgan fingerprint density at radius 1 is 1.19 bits per heavy atom. The van der Waals surface area contributed by atoms with Gasteiger partial charge in [0.05, 0.1) is 17.1 Å². The number of aryl methyl sites for hydroxylation is 2. The van der Waals surface area contributed by atoms with Gasteiger partial charge in [-0.2, -0.15) is 0 Å². The molecule has 0 aliphatic rings. The third-order valence-corrected chi connectivity index (χ3v) is 7.38. The van der Waals surface area contributed by atoms with Gasteiger partial charge >= 0.3 is 0 Å². The Morgan fingerprint density at radius 2 is 2.00 bits per heavy atom. The molecule has 1 amide bonds. The Bertz CT molecular complexity index is 1260. The summed E-state index contributed by atoms with van der Waals surface area (Å²) in [6, 6.07) is 12.4. The maximum atomic E-state index is 13.8. The molecule has 32 heavy (non-hydrogen) atoms. The van der Waals surface area contributed by atoms with E-state index in [1.54, 1.807) is 30.0 Å². The van der Waals surface area contributed by atoms with Crippen LogP contribution < -0.4 is 10.2 Å². The molecule has 164 valence electrons. The fourth-order valence-electron chi connectivity index (χ4n) is 3.06. The van der Waals surface area contributed by atoms with Crippen LogP contribution in [0.1, 0.15) is 23.7 Å². The number of hydrogen-bond donors (Lipinski definition) is 1. The molecule has 0 unspecified atom stereocenters. The molecular weight excluding hydrogens is 465 g/mol. The van der Waals surface area contributed by atoms with E-state index in [0.29, 0.717) is 21.7 Å². The van der Waals surface area contributed by atoms with Crippen molar-refractivity contribution in [3.8, 4) is 0 Å². The lowest BCUT2D eigenvalue weighted by atomic mass is 10.1. The predicted molar refractivity (Wildman–Crippen MR) is 130 cm³/mol. The van der Waals surface area contributed by atoms with E-state index in [4.69, 9.17) is 0 Å². The highest BCUT2D eigenvalue weighted by Crippen LogP contribution is 2.34. The number of rotatable bonds is 7. The first-order valence-electron chi connectivity index (χ1n) is 9.71. The molecule has 0 aliphatic carbocycles. The highest BCUT2D eigenvalue weighted by Gasteiger charge is 2.20. The number of aromatic nitrogens is 3. The van der Waals surface area contributed by atoms with Crippen molar-refractivity contribution in [2.75, 3.05) is 10.2 Å². The number of halogens is 1. The minimum atomic E-state index is -0.342. The monoisotopic (exact) mass is 485 g/mol. The zero-order valence-corrected chi connectivity index (χ0v) is 20.1. The Balaban J connectivity index is 1.44. The molecule has 0 bridgehead atoms. The second-order valence-electron chi connectivity index (χ2n) is 7.03. The van der Waals surface area contributed by atoms with Crippen LogP contribution >= 0.6 is 34.4 Å². The average molecular weight is 486 g/mol. The van der Waals surface area contributed by atoms with Crippen LogP contribution in [0, 0.1) is 19.7 Å². The van der Waals surface area contributed by atoms with E-state index in [9.17, 15) is 9.18 Å². The largest absolute Gasteiger partial charge is 0.328 e. The van der Waals surface area contributed by atoms with Gasteiger partial charge in [-0.05, 0) is 37.6 Å². The first kappa shape index (κ1) is 22.4. The molecule has 4 aromatic rings. The van der Waals surface area contributed by atoms with Crippen LogP contribution in [0.25, 0.3) is 0 Å². The molecule has 4 rings (SSSR count). The number of carbonyl (C=O) groups is 1. The number of nitrogens with zero attached hydrogens (tertiary/aromatic N) is 4. The van der Waals surface area contributed by atoms with Crippen LogP contribution in [0.5, 0.6) is 0 Å². The molecule has 2 aromatic carbocycles. The number of thiazole rings is 1. The van der Waals surface area contributed by atoms with Gasteiger partial charge in [0, 0.05) is 18.1 Å². The van der Waals surface area contributed by atoms with E-state index in [2.05, 4.69) is 26.6 Å². The van der Waals surface area contributed by atoms with Gasteiger partial charge < -0.3 is 5.32 Å². The van der Waals surface area contributed by atoms with E-state index in [1.807, 2.05) is 31.4 Å². The van der Waals surface area contributed by atoms with Crippen LogP contribution in [0.4, 0.5) is 26.0 Å². The third-order valence-electron chi connectivity index (χ3n) is 4.50. The van der Waals surface area contributed by atoms with E-state index in [1.165, 1.54) is 40.5 Å². The van der Waals surface area contributed by atoms with Crippen molar-refractivity contribution in [2.24, 2.45) is 0 Å². The Hall–Kier alpha value is -2.82. The molecular formula is C22H20FN5OS3. The predicted octanol–water partition coefficient (Wildman–Crippen LogP) is 6.47. The highest BCUT2D eigenvalue weighted by atomic mass is 32.2. The fraction of sp³-hybridized carbons (Fsp3) is 0.182. The van der Waals surface area contributed by atoms with Crippen LogP contribution in [0.15, 0.2) is 52.2 Å². The zero-order valence-electron chi connectivity index (χ0n) is 17.6.